The fourth-order valence-electron chi connectivity index (χ4n) is 2.27. The molecule has 0 unspecified atom stereocenters. The summed E-state index contributed by atoms with van der Waals surface area (Å²) in [6.07, 6.45) is -0.613. The minimum absolute atomic E-state index is 0.0408. The number of carboxylic acid groups (broad SMARTS) is 1. The highest BCUT2D eigenvalue weighted by molar-refractivity contribution is 5.74. The second-order valence-electron chi connectivity index (χ2n) is 6.02. The van der Waals surface area contributed by atoms with Crippen LogP contribution in [-0.4, -0.2) is 35.7 Å². The predicted octanol–water partition coefficient (Wildman–Crippen LogP) is 1.86. The zero-order valence-corrected chi connectivity index (χ0v) is 15.2. The summed E-state index contributed by atoms with van der Waals surface area (Å²) >= 11 is 0. The van der Waals surface area contributed by atoms with Crippen molar-refractivity contribution in [2.45, 2.75) is 25.5 Å². The third kappa shape index (κ3) is 7.46. The van der Waals surface area contributed by atoms with Gasteiger partial charge in [0.25, 0.3) is 0 Å². The topological polar surface area (TPSA) is 128 Å². The Labute approximate surface area is 162 Å². The van der Waals surface area contributed by atoms with Crippen molar-refractivity contribution in [2.75, 3.05) is 6.54 Å². The molecule has 1 amide bonds. The van der Waals surface area contributed by atoms with Crippen molar-refractivity contribution in [2.24, 2.45) is 5.73 Å². The fourth-order valence-corrected chi connectivity index (χ4v) is 2.27. The van der Waals surface area contributed by atoms with Gasteiger partial charge < -0.3 is 25.6 Å². The summed E-state index contributed by atoms with van der Waals surface area (Å²) in [7, 11) is 0. The van der Waals surface area contributed by atoms with Crippen LogP contribution >= 0.6 is 0 Å². The second kappa shape index (κ2) is 10.7. The van der Waals surface area contributed by atoms with Crippen LogP contribution in [0.15, 0.2) is 54.6 Å². The molecule has 0 heterocycles. The molecule has 1 atom stereocenters. The van der Waals surface area contributed by atoms with E-state index in [-0.39, 0.29) is 31.7 Å². The minimum atomic E-state index is -1.14. The highest BCUT2D eigenvalue weighted by Gasteiger charge is 2.12. The van der Waals surface area contributed by atoms with E-state index < -0.39 is 24.1 Å². The minimum Gasteiger partial charge on any atom is -0.480 e. The van der Waals surface area contributed by atoms with Gasteiger partial charge in [-0.15, -0.1) is 0 Å². The number of aliphatic carboxylic acids is 1. The van der Waals surface area contributed by atoms with E-state index in [9.17, 15) is 14.4 Å². The summed E-state index contributed by atoms with van der Waals surface area (Å²) in [6, 6.07) is 14.8. The van der Waals surface area contributed by atoms with E-state index in [1.54, 1.807) is 24.3 Å². The number of rotatable bonds is 9. The van der Waals surface area contributed by atoms with Crippen molar-refractivity contribution in [3.63, 3.8) is 0 Å². The van der Waals surface area contributed by atoms with Gasteiger partial charge in [0, 0.05) is 6.54 Å². The molecule has 148 valence electrons. The number of carbonyl (C=O) groups excluding carboxylic acids is 2. The molecular weight excluding hydrogens is 364 g/mol. The maximum Gasteiger partial charge on any atom is 0.412 e. The smallest absolute Gasteiger partial charge is 0.412 e. The Morgan fingerprint density at radius 1 is 1.04 bits per heavy atom. The van der Waals surface area contributed by atoms with Crippen molar-refractivity contribution in [1.82, 2.24) is 5.32 Å². The van der Waals surface area contributed by atoms with Crippen LogP contribution in [0.2, 0.25) is 0 Å². The van der Waals surface area contributed by atoms with Gasteiger partial charge in [-0.3, -0.25) is 9.59 Å². The molecule has 2 aromatic carbocycles. The average molecular weight is 386 g/mol. The number of ether oxygens (including phenoxy) is 2. The van der Waals surface area contributed by atoms with E-state index in [2.05, 4.69) is 5.32 Å². The zero-order chi connectivity index (χ0) is 20.4. The third-order valence-corrected chi connectivity index (χ3v) is 3.74. The first kappa shape index (κ1) is 20.9. The lowest BCUT2D eigenvalue weighted by Gasteiger charge is -2.09. The van der Waals surface area contributed by atoms with Crippen LogP contribution in [0.4, 0.5) is 4.79 Å². The van der Waals surface area contributed by atoms with Crippen LogP contribution in [0, 0.1) is 0 Å². The quantitative estimate of drug-likeness (QED) is 0.561. The lowest BCUT2D eigenvalue weighted by atomic mass is 10.1. The van der Waals surface area contributed by atoms with Gasteiger partial charge in [-0.05, 0) is 29.7 Å². The van der Waals surface area contributed by atoms with Crippen LogP contribution in [0.1, 0.15) is 17.5 Å². The number of benzene rings is 2. The van der Waals surface area contributed by atoms with Crippen LogP contribution in [0.5, 0.6) is 5.75 Å². The highest BCUT2D eigenvalue weighted by Crippen LogP contribution is 2.15. The molecule has 0 spiro atoms. The number of esters is 1. The van der Waals surface area contributed by atoms with Crippen molar-refractivity contribution in [3.05, 3.63) is 65.7 Å². The second-order valence-corrected chi connectivity index (χ2v) is 6.02. The van der Waals surface area contributed by atoms with Crippen molar-refractivity contribution in [1.29, 1.82) is 0 Å². The molecule has 8 nitrogen and oxygen atoms in total. The fraction of sp³-hybridized carbons (Fsp3) is 0.250. The predicted molar refractivity (Wildman–Crippen MR) is 101 cm³/mol. The van der Waals surface area contributed by atoms with E-state index in [0.29, 0.717) is 5.56 Å². The van der Waals surface area contributed by atoms with Crippen LogP contribution in [-0.2, 0) is 27.4 Å². The molecule has 0 bridgehead atoms. The Morgan fingerprint density at radius 2 is 1.75 bits per heavy atom. The Hall–Kier alpha value is -3.39. The normalized spacial score (nSPS) is 11.3. The molecule has 0 aliphatic heterocycles. The van der Waals surface area contributed by atoms with Crippen molar-refractivity contribution >= 4 is 18.0 Å². The van der Waals surface area contributed by atoms with Gasteiger partial charge in [0.1, 0.15) is 18.4 Å². The summed E-state index contributed by atoms with van der Waals surface area (Å²) in [5, 5.41) is 11.1. The SMILES string of the molecule is N[C@@H](CCNC(=O)Oc1cccc(CC(=O)OCc2ccccc2)c1)C(=O)O. The van der Waals surface area contributed by atoms with E-state index in [0.717, 1.165) is 5.56 Å². The average Bonchev–Trinajstić information content (AvgIpc) is 2.67. The van der Waals surface area contributed by atoms with Gasteiger partial charge >= 0.3 is 18.0 Å². The summed E-state index contributed by atoms with van der Waals surface area (Å²) in [4.78, 5) is 34.3. The Bertz CT molecular complexity index is 809. The van der Waals surface area contributed by atoms with Gasteiger partial charge in [0.15, 0.2) is 0 Å². The Balaban J connectivity index is 1.78. The largest absolute Gasteiger partial charge is 0.480 e. The first-order valence-corrected chi connectivity index (χ1v) is 8.66. The number of amides is 1. The number of nitrogens with two attached hydrogens (primary N) is 1. The van der Waals surface area contributed by atoms with Gasteiger partial charge in [-0.25, -0.2) is 4.79 Å². The summed E-state index contributed by atoms with van der Waals surface area (Å²) < 4.78 is 10.3. The molecule has 2 rings (SSSR count). The molecule has 0 saturated heterocycles. The van der Waals surface area contributed by atoms with Gasteiger partial charge in [-0.1, -0.05) is 42.5 Å². The molecule has 2 aromatic rings. The molecule has 0 aliphatic carbocycles. The number of nitrogens with one attached hydrogen (secondary N) is 1. The van der Waals surface area contributed by atoms with Gasteiger partial charge in [0.05, 0.1) is 6.42 Å². The highest BCUT2D eigenvalue weighted by atomic mass is 16.6. The van der Waals surface area contributed by atoms with E-state index in [1.807, 2.05) is 30.3 Å². The monoisotopic (exact) mass is 386 g/mol. The van der Waals surface area contributed by atoms with E-state index in [1.165, 1.54) is 0 Å². The first-order valence-electron chi connectivity index (χ1n) is 8.66. The molecule has 0 aromatic heterocycles. The maximum absolute atomic E-state index is 12.0. The lowest BCUT2D eigenvalue weighted by molar-refractivity contribution is -0.144. The summed E-state index contributed by atoms with van der Waals surface area (Å²) in [5.74, 6) is -1.27. The van der Waals surface area contributed by atoms with Gasteiger partial charge in [0.2, 0.25) is 0 Å². The van der Waals surface area contributed by atoms with Gasteiger partial charge in [-0.2, -0.15) is 0 Å². The molecule has 0 saturated carbocycles. The Morgan fingerprint density at radius 3 is 2.46 bits per heavy atom. The van der Waals surface area contributed by atoms with Crippen molar-refractivity contribution in [3.8, 4) is 5.75 Å². The first-order chi connectivity index (χ1) is 13.4. The third-order valence-electron chi connectivity index (χ3n) is 3.74. The van der Waals surface area contributed by atoms with Crippen LogP contribution < -0.4 is 15.8 Å². The molecule has 0 fully saturated rings. The van der Waals surface area contributed by atoms with Crippen LogP contribution in [0.25, 0.3) is 0 Å². The molecule has 0 aliphatic rings. The van der Waals surface area contributed by atoms with Crippen LogP contribution in [0.3, 0.4) is 0 Å². The Kier molecular flexibility index (Phi) is 7.98. The number of hydrogen-bond acceptors (Lipinski definition) is 6. The molecule has 0 radical (unpaired) electrons. The molecular formula is C20H22N2O6. The molecule has 4 N–H and O–H groups in total. The number of carbonyl (C=O) groups is 3. The zero-order valence-electron chi connectivity index (χ0n) is 15.2. The number of carboxylic acids is 1. The lowest BCUT2D eigenvalue weighted by Crippen LogP contribution is -2.36. The number of hydrogen-bond donors (Lipinski definition) is 3. The summed E-state index contributed by atoms with van der Waals surface area (Å²) in [5.41, 5.74) is 6.88. The standard InChI is InChI=1S/C20H22N2O6/c21-17(19(24)25)9-10-22-20(26)28-16-8-4-7-15(11-16)12-18(23)27-13-14-5-2-1-3-6-14/h1-8,11,17H,9-10,12-13,21H2,(H,22,26)(H,24,25)/t17-/m0/s1. The molecule has 8 heteroatoms. The molecule has 28 heavy (non-hydrogen) atoms. The van der Waals surface area contributed by atoms with Crippen molar-refractivity contribution < 1.29 is 29.0 Å². The van der Waals surface area contributed by atoms with E-state index in [4.69, 9.17) is 20.3 Å². The van der Waals surface area contributed by atoms with E-state index >= 15 is 0 Å². The summed E-state index contributed by atoms with van der Waals surface area (Å²) in [6.45, 7) is 0.258. The maximum atomic E-state index is 12.0.